The quantitative estimate of drug-likeness (QED) is 0.828. The van der Waals surface area contributed by atoms with E-state index >= 15 is 0 Å². The highest BCUT2D eigenvalue weighted by Gasteiger charge is 2.19. The molecule has 2 aromatic rings. The van der Waals surface area contributed by atoms with Crippen molar-refractivity contribution in [1.82, 2.24) is 5.32 Å². The summed E-state index contributed by atoms with van der Waals surface area (Å²) in [6.45, 7) is 7.47. The molecule has 0 aliphatic heterocycles. The van der Waals surface area contributed by atoms with Crippen molar-refractivity contribution in [2.45, 2.75) is 45.1 Å². The summed E-state index contributed by atoms with van der Waals surface area (Å²) in [7, 11) is -3.78. The summed E-state index contributed by atoms with van der Waals surface area (Å²) >= 11 is 0. The molecular weight excluding hydrogens is 336 g/mol. The predicted molar refractivity (Wildman–Crippen MR) is 100 cm³/mol. The van der Waals surface area contributed by atoms with E-state index in [-0.39, 0.29) is 16.8 Å². The fraction of sp³-hybridized carbons (Fsp3) is 0.316. The first kappa shape index (κ1) is 19.0. The molecular formula is C19H24N2O3S. The Morgan fingerprint density at radius 2 is 1.80 bits per heavy atom. The summed E-state index contributed by atoms with van der Waals surface area (Å²) in [6, 6.07) is 11.8. The van der Waals surface area contributed by atoms with Crippen LogP contribution in [0.15, 0.2) is 47.4 Å². The summed E-state index contributed by atoms with van der Waals surface area (Å²) in [6.07, 6.45) is 0.717. The minimum Gasteiger partial charge on any atom is -0.350 e. The second-order valence-corrected chi connectivity index (χ2v) is 7.90. The van der Waals surface area contributed by atoms with E-state index in [0.717, 1.165) is 11.1 Å². The molecule has 0 aliphatic carbocycles. The Morgan fingerprint density at radius 1 is 1.12 bits per heavy atom. The Balaban J connectivity index is 2.38. The Hall–Kier alpha value is -2.34. The van der Waals surface area contributed by atoms with Crippen LogP contribution in [0.5, 0.6) is 0 Å². The van der Waals surface area contributed by atoms with Crippen LogP contribution >= 0.6 is 0 Å². The van der Waals surface area contributed by atoms with E-state index in [0.29, 0.717) is 17.7 Å². The molecule has 5 nitrogen and oxygen atoms in total. The molecule has 0 fully saturated rings. The number of amides is 1. The van der Waals surface area contributed by atoms with Gasteiger partial charge in [-0.2, -0.15) is 0 Å². The van der Waals surface area contributed by atoms with Gasteiger partial charge in [-0.3, -0.25) is 9.52 Å². The van der Waals surface area contributed by atoms with Gasteiger partial charge in [0.05, 0.1) is 10.6 Å². The minimum atomic E-state index is -3.78. The number of hydrogen-bond donors (Lipinski definition) is 2. The van der Waals surface area contributed by atoms with Gasteiger partial charge < -0.3 is 5.32 Å². The number of para-hydroxylation sites is 1. The molecule has 0 aromatic heterocycles. The van der Waals surface area contributed by atoms with E-state index in [4.69, 9.17) is 0 Å². The standard InChI is InChI=1S/C19H24N2O3S/c1-5-15-8-6-7-9-18(15)21-25(23,24)16-11-10-14(4)17(12-16)19(22)20-13(2)3/h6-13,21H,5H2,1-4H3,(H,20,22). The largest absolute Gasteiger partial charge is 0.350 e. The maximum atomic E-state index is 12.7. The van der Waals surface area contributed by atoms with Gasteiger partial charge in [0.25, 0.3) is 15.9 Å². The molecule has 0 spiro atoms. The number of nitrogens with one attached hydrogen (secondary N) is 2. The monoisotopic (exact) mass is 360 g/mol. The maximum Gasteiger partial charge on any atom is 0.261 e. The van der Waals surface area contributed by atoms with Crippen LogP contribution in [0.1, 0.15) is 42.3 Å². The lowest BCUT2D eigenvalue weighted by atomic mass is 10.1. The molecule has 0 unspecified atom stereocenters. The second-order valence-electron chi connectivity index (χ2n) is 6.22. The van der Waals surface area contributed by atoms with Gasteiger partial charge in [0.1, 0.15) is 0 Å². The molecule has 0 saturated heterocycles. The molecule has 0 aliphatic rings. The Morgan fingerprint density at radius 3 is 2.44 bits per heavy atom. The predicted octanol–water partition coefficient (Wildman–Crippen LogP) is 3.50. The van der Waals surface area contributed by atoms with Gasteiger partial charge >= 0.3 is 0 Å². The molecule has 0 bridgehead atoms. The summed E-state index contributed by atoms with van der Waals surface area (Å²) in [5.41, 5.74) is 2.56. The average Bonchev–Trinajstić information content (AvgIpc) is 2.54. The number of sulfonamides is 1. The smallest absolute Gasteiger partial charge is 0.261 e. The van der Waals surface area contributed by atoms with Crippen molar-refractivity contribution in [1.29, 1.82) is 0 Å². The highest BCUT2D eigenvalue weighted by molar-refractivity contribution is 7.92. The van der Waals surface area contributed by atoms with Crippen molar-refractivity contribution in [2.75, 3.05) is 4.72 Å². The zero-order chi connectivity index (χ0) is 18.6. The first-order valence-electron chi connectivity index (χ1n) is 8.27. The Kier molecular flexibility index (Phi) is 5.85. The number of carbonyl (C=O) groups excluding carboxylic acids is 1. The zero-order valence-electron chi connectivity index (χ0n) is 15.0. The molecule has 6 heteroatoms. The average molecular weight is 360 g/mol. The molecule has 0 radical (unpaired) electrons. The first-order valence-corrected chi connectivity index (χ1v) is 9.75. The number of aryl methyl sites for hydroxylation is 2. The maximum absolute atomic E-state index is 12.7. The van der Waals surface area contributed by atoms with Crippen LogP contribution in [0.25, 0.3) is 0 Å². The normalized spacial score (nSPS) is 11.4. The summed E-state index contributed by atoms with van der Waals surface area (Å²) in [5, 5.41) is 2.79. The van der Waals surface area contributed by atoms with E-state index in [1.165, 1.54) is 12.1 Å². The number of benzene rings is 2. The number of rotatable bonds is 6. The molecule has 2 N–H and O–H groups in total. The second kappa shape index (κ2) is 7.70. The molecule has 0 atom stereocenters. The van der Waals surface area contributed by atoms with E-state index in [2.05, 4.69) is 10.0 Å². The molecule has 1 amide bonds. The Bertz CT molecular complexity index is 874. The number of carbonyl (C=O) groups is 1. The van der Waals surface area contributed by atoms with Crippen molar-refractivity contribution >= 4 is 21.6 Å². The topological polar surface area (TPSA) is 75.3 Å². The van der Waals surface area contributed by atoms with Gasteiger partial charge in [0.2, 0.25) is 0 Å². The van der Waals surface area contributed by atoms with Crippen LogP contribution < -0.4 is 10.0 Å². The van der Waals surface area contributed by atoms with Gasteiger partial charge in [-0.15, -0.1) is 0 Å². The lowest BCUT2D eigenvalue weighted by molar-refractivity contribution is 0.0942. The molecule has 0 saturated carbocycles. The van der Waals surface area contributed by atoms with Crippen LogP contribution in [-0.4, -0.2) is 20.4 Å². The fourth-order valence-corrected chi connectivity index (χ4v) is 3.61. The van der Waals surface area contributed by atoms with Crippen molar-refractivity contribution in [2.24, 2.45) is 0 Å². The van der Waals surface area contributed by atoms with E-state index in [9.17, 15) is 13.2 Å². The van der Waals surface area contributed by atoms with E-state index in [1.807, 2.05) is 32.9 Å². The van der Waals surface area contributed by atoms with Crippen LogP contribution in [0.2, 0.25) is 0 Å². The molecule has 2 rings (SSSR count). The molecule has 2 aromatic carbocycles. The van der Waals surface area contributed by atoms with Crippen LogP contribution in [0.4, 0.5) is 5.69 Å². The van der Waals surface area contributed by atoms with Crippen LogP contribution in [-0.2, 0) is 16.4 Å². The Labute approximate surface area is 149 Å². The van der Waals surface area contributed by atoms with Crippen molar-refractivity contribution in [3.05, 3.63) is 59.2 Å². The first-order chi connectivity index (χ1) is 11.7. The molecule has 134 valence electrons. The lowest BCUT2D eigenvalue weighted by Gasteiger charge is -2.14. The van der Waals surface area contributed by atoms with Crippen LogP contribution in [0, 0.1) is 6.92 Å². The molecule has 0 heterocycles. The molecule has 25 heavy (non-hydrogen) atoms. The van der Waals surface area contributed by atoms with Crippen molar-refractivity contribution < 1.29 is 13.2 Å². The van der Waals surface area contributed by atoms with E-state index in [1.54, 1.807) is 25.1 Å². The summed E-state index contributed by atoms with van der Waals surface area (Å²) in [5.74, 6) is -0.279. The van der Waals surface area contributed by atoms with Crippen LogP contribution in [0.3, 0.4) is 0 Å². The summed E-state index contributed by atoms with van der Waals surface area (Å²) < 4.78 is 28.1. The zero-order valence-corrected chi connectivity index (χ0v) is 15.8. The third-order valence-corrected chi connectivity index (χ3v) is 5.19. The minimum absolute atomic E-state index is 0.0262. The third kappa shape index (κ3) is 4.60. The highest BCUT2D eigenvalue weighted by atomic mass is 32.2. The van der Waals surface area contributed by atoms with Gasteiger partial charge in [-0.05, 0) is 56.5 Å². The SMILES string of the molecule is CCc1ccccc1NS(=O)(=O)c1ccc(C)c(C(=O)NC(C)C)c1. The van der Waals surface area contributed by atoms with Crippen molar-refractivity contribution in [3.8, 4) is 0 Å². The third-order valence-electron chi connectivity index (χ3n) is 3.83. The van der Waals surface area contributed by atoms with E-state index < -0.39 is 10.0 Å². The summed E-state index contributed by atoms with van der Waals surface area (Å²) in [4.78, 5) is 12.4. The number of hydrogen-bond acceptors (Lipinski definition) is 3. The van der Waals surface area contributed by atoms with Gasteiger partial charge in [-0.1, -0.05) is 31.2 Å². The lowest BCUT2D eigenvalue weighted by Crippen LogP contribution is -2.30. The highest BCUT2D eigenvalue weighted by Crippen LogP contribution is 2.22. The van der Waals surface area contributed by atoms with Crippen molar-refractivity contribution in [3.63, 3.8) is 0 Å². The number of anilines is 1. The van der Waals surface area contributed by atoms with Gasteiger partial charge in [0, 0.05) is 11.6 Å². The van der Waals surface area contributed by atoms with Gasteiger partial charge in [0.15, 0.2) is 0 Å². The van der Waals surface area contributed by atoms with Gasteiger partial charge in [-0.25, -0.2) is 8.42 Å². The fourth-order valence-electron chi connectivity index (χ4n) is 2.48.